The molecule has 0 radical (unpaired) electrons. The summed E-state index contributed by atoms with van der Waals surface area (Å²) in [4.78, 5) is 11.2. The fourth-order valence-electron chi connectivity index (χ4n) is 3.14. The van der Waals surface area contributed by atoms with Crippen molar-refractivity contribution in [3.05, 3.63) is 0 Å². The SMILES string of the molecule is CCCCCCCCCCCCCCC(C(=O)O)C(C)CC. The number of carboxylic acid groups (broad SMARTS) is 1. The lowest BCUT2D eigenvalue weighted by molar-refractivity contribution is -0.143. The van der Waals surface area contributed by atoms with Crippen LogP contribution in [0.15, 0.2) is 0 Å². The Morgan fingerprint density at radius 3 is 1.55 bits per heavy atom. The van der Waals surface area contributed by atoms with Gasteiger partial charge in [0.25, 0.3) is 0 Å². The number of rotatable bonds is 16. The monoisotopic (exact) mass is 312 g/mol. The molecule has 0 spiro atoms. The largest absolute Gasteiger partial charge is 0.481 e. The first-order valence-corrected chi connectivity index (χ1v) is 9.86. The van der Waals surface area contributed by atoms with Crippen LogP contribution in [0.1, 0.15) is 111 Å². The zero-order valence-electron chi connectivity index (χ0n) is 15.4. The molecule has 0 aromatic heterocycles. The number of hydrogen-bond donors (Lipinski definition) is 1. The maximum atomic E-state index is 11.2. The molecule has 0 aromatic rings. The van der Waals surface area contributed by atoms with Crippen LogP contribution in [0.4, 0.5) is 0 Å². The first-order valence-electron chi connectivity index (χ1n) is 9.86. The minimum atomic E-state index is -0.600. The maximum Gasteiger partial charge on any atom is 0.306 e. The third kappa shape index (κ3) is 12.1. The second kappa shape index (κ2) is 15.4. The Morgan fingerprint density at radius 2 is 1.18 bits per heavy atom. The molecule has 0 saturated heterocycles. The molecule has 2 heteroatoms. The van der Waals surface area contributed by atoms with E-state index in [1.807, 2.05) is 0 Å². The molecule has 2 unspecified atom stereocenters. The van der Waals surface area contributed by atoms with Crippen molar-refractivity contribution in [3.63, 3.8) is 0 Å². The van der Waals surface area contributed by atoms with Crippen LogP contribution in [0.25, 0.3) is 0 Å². The third-order valence-corrected chi connectivity index (χ3v) is 5.02. The van der Waals surface area contributed by atoms with Crippen LogP contribution in [0, 0.1) is 11.8 Å². The molecule has 0 aliphatic carbocycles. The van der Waals surface area contributed by atoms with E-state index in [2.05, 4.69) is 20.8 Å². The zero-order chi connectivity index (χ0) is 16.6. The second-order valence-electron chi connectivity index (χ2n) is 7.01. The molecule has 0 aliphatic rings. The van der Waals surface area contributed by atoms with Crippen molar-refractivity contribution in [3.8, 4) is 0 Å². The number of carboxylic acids is 1. The minimum Gasteiger partial charge on any atom is -0.481 e. The average molecular weight is 313 g/mol. The first-order chi connectivity index (χ1) is 10.6. The molecule has 132 valence electrons. The number of carbonyl (C=O) groups is 1. The molecular weight excluding hydrogens is 272 g/mol. The van der Waals surface area contributed by atoms with E-state index in [4.69, 9.17) is 0 Å². The molecule has 1 N–H and O–H groups in total. The maximum absolute atomic E-state index is 11.2. The van der Waals surface area contributed by atoms with Gasteiger partial charge in [0.1, 0.15) is 0 Å². The molecule has 0 amide bonds. The summed E-state index contributed by atoms with van der Waals surface area (Å²) in [5, 5.41) is 9.25. The average Bonchev–Trinajstić information content (AvgIpc) is 2.51. The molecule has 0 bridgehead atoms. The molecule has 0 rings (SSSR count). The van der Waals surface area contributed by atoms with Crippen LogP contribution in [0.5, 0.6) is 0 Å². The van der Waals surface area contributed by atoms with Crippen LogP contribution in [0.2, 0.25) is 0 Å². The van der Waals surface area contributed by atoms with Gasteiger partial charge in [0.2, 0.25) is 0 Å². The van der Waals surface area contributed by atoms with E-state index in [0.717, 1.165) is 19.3 Å². The molecule has 22 heavy (non-hydrogen) atoms. The van der Waals surface area contributed by atoms with E-state index < -0.39 is 5.97 Å². The van der Waals surface area contributed by atoms with Crippen molar-refractivity contribution in [1.82, 2.24) is 0 Å². The van der Waals surface area contributed by atoms with Crippen molar-refractivity contribution in [2.24, 2.45) is 11.8 Å². The van der Waals surface area contributed by atoms with Crippen LogP contribution < -0.4 is 0 Å². The van der Waals surface area contributed by atoms with Gasteiger partial charge in [0.05, 0.1) is 5.92 Å². The van der Waals surface area contributed by atoms with Crippen molar-refractivity contribution >= 4 is 5.97 Å². The number of aliphatic carboxylic acids is 1. The molecule has 0 fully saturated rings. The van der Waals surface area contributed by atoms with E-state index in [1.54, 1.807) is 0 Å². The summed E-state index contributed by atoms with van der Waals surface area (Å²) in [6.45, 7) is 6.42. The van der Waals surface area contributed by atoms with Gasteiger partial charge >= 0.3 is 5.97 Å². The van der Waals surface area contributed by atoms with Crippen LogP contribution in [0.3, 0.4) is 0 Å². The van der Waals surface area contributed by atoms with Gasteiger partial charge in [-0.1, -0.05) is 104 Å². The minimum absolute atomic E-state index is 0.131. The quantitative estimate of drug-likeness (QED) is 0.317. The molecule has 0 aromatic carbocycles. The summed E-state index contributed by atoms with van der Waals surface area (Å²) < 4.78 is 0. The smallest absolute Gasteiger partial charge is 0.306 e. The van der Waals surface area contributed by atoms with Crippen molar-refractivity contribution in [2.75, 3.05) is 0 Å². The van der Waals surface area contributed by atoms with Crippen LogP contribution >= 0.6 is 0 Å². The van der Waals surface area contributed by atoms with E-state index in [0.29, 0.717) is 5.92 Å². The van der Waals surface area contributed by atoms with Crippen LogP contribution in [-0.2, 0) is 4.79 Å². The van der Waals surface area contributed by atoms with E-state index in [-0.39, 0.29) is 5.92 Å². The van der Waals surface area contributed by atoms with Crippen molar-refractivity contribution in [2.45, 2.75) is 111 Å². The highest BCUT2D eigenvalue weighted by atomic mass is 16.4. The Hall–Kier alpha value is -0.530. The highest BCUT2D eigenvalue weighted by molar-refractivity contribution is 5.70. The second-order valence-corrected chi connectivity index (χ2v) is 7.01. The highest BCUT2D eigenvalue weighted by Gasteiger charge is 2.22. The lowest BCUT2D eigenvalue weighted by Gasteiger charge is -2.18. The Bertz CT molecular complexity index is 250. The molecule has 0 saturated carbocycles. The van der Waals surface area contributed by atoms with Crippen molar-refractivity contribution < 1.29 is 9.90 Å². The summed E-state index contributed by atoms with van der Waals surface area (Å²) in [5.41, 5.74) is 0. The van der Waals surface area contributed by atoms with Gasteiger partial charge in [-0.15, -0.1) is 0 Å². The van der Waals surface area contributed by atoms with Gasteiger partial charge in [0, 0.05) is 0 Å². The van der Waals surface area contributed by atoms with E-state index in [9.17, 15) is 9.90 Å². The lowest BCUT2D eigenvalue weighted by Crippen LogP contribution is -2.21. The summed E-state index contributed by atoms with van der Waals surface area (Å²) in [6.07, 6.45) is 17.8. The predicted octanol–water partition coefficient (Wildman–Crippen LogP) is 6.82. The number of hydrogen-bond acceptors (Lipinski definition) is 1. The molecule has 0 aliphatic heterocycles. The molecule has 0 heterocycles. The predicted molar refractivity (Wildman–Crippen MR) is 96.3 cm³/mol. The fraction of sp³-hybridized carbons (Fsp3) is 0.950. The lowest BCUT2D eigenvalue weighted by atomic mass is 9.87. The summed E-state index contributed by atoms with van der Waals surface area (Å²) >= 11 is 0. The van der Waals surface area contributed by atoms with Gasteiger partial charge in [-0.05, 0) is 12.3 Å². The van der Waals surface area contributed by atoms with Gasteiger partial charge in [-0.2, -0.15) is 0 Å². The Morgan fingerprint density at radius 1 is 0.773 bits per heavy atom. The molecule has 2 nitrogen and oxygen atoms in total. The highest BCUT2D eigenvalue weighted by Crippen LogP contribution is 2.22. The molecular formula is C20H40O2. The van der Waals surface area contributed by atoms with E-state index in [1.165, 1.54) is 70.6 Å². The Balaban J connectivity index is 3.37. The van der Waals surface area contributed by atoms with Gasteiger partial charge in [-0.25, -0.2) is 0 Å². The molecule has 2 atom stereocenters. The van der Waals surface area contributed by atoms with Gasteiger partial charge < -0.3 is 5.11 Å². The summed E-state index contributed by atoms with van der Waals surface area (Å²) in [6, 6.07) is 0. The fourth-order valence-corrected chi connectivity index (χ4v) is 3.14. The summed E-state index contributed by atoms with van der Waals surface area (Å²) in [7, 11) is 0. The van der Waals surface area contributed by atoms with Gasteiger partial charge in [-0.3, -0.25) is 4.79 Å². The zero-order valence-corrected chi connectivity index (χ0v) is 15.4. The van der Waals surface area contributed by atoms with Crippen LogP contribution in [-0.4, -0.2) is 11.1 Å². The Kier molecular flexibility index (Phi) is 15.0. The van der Waals surface area contributed by atoms with Crippen molar-refractivity contribution in [1.29, 1.82) is 0 Å². The topological polar surface area (TPSA) is 37.3 Å². The number of unbranched alkanes of at least 4 members (excludes halogenated alkanes) is 11. The normalized spacial score (nSPS) is 14.0. The van der Waals surface area contributed by atoms with E-state index >= 15 is 0 Å². The summed E-state index contributed by atoms with van der Waals surface area (Å²) in [5.74, 6) is -0.421. The standard InChI is InChI=1S/C20H40O2/c1-4-6-7-8-9-10-11-12-13-14-15-16-17-19(20(21)22)18(3)5-2/h18-19H,4-17H2,1-3H3,(H,21,22). The first kappa shape index (κ1) is 21.5. The third-order valence-electron chi connectivity index (χ3n) is 5.02. The Labute approximate surface area is 139 Å². The van der Waals surface area contributed by atoms with Gasteiger partial charge in [0.15, 0.2) is 0 Å².